The molecule has 0 amide bonds. The van der Waals surface area contributed by atoms with E-state index in [2.05, 4.69) is 45.0 Å². The minimum Gasteiger partial charge on any atom is -0.114 e. The monoisotopic (exact) mass is 546 g/mol. The van der Waals surface area contributed by atoms with Crippen LogP contribution in [-0.4, -0.2) is 0 Å². The van der Waals surface area contributed by atoms with Crippen molar-refractivity contribution in [1.29, 1.82) is 0 Å². The number of rotatable bonds is 28. The molecule has 0 aliphatic carbocycles. The Bertz CT molecular complexity index is 601. The second-order valence-electron chi connectivity index (χ2n) is 12.3. The van der Waals surface area contributed by atoms with E-state index in [4.69, 9.17) is 11.6 Å². The molecule has 0 aliphatic rings. The zero-order valence-corrected chi connectivity index (χ0v) is 27.0. The molecule has 0 fully saturated rings. The van der Waals surface area contributed by atoms with Crippen LogP contribution >= 0.6 is 11.6 Å². The molecule has 0 aliphatic heterocycles. The molecular formula is C37H67Cl. The van der Waals surface area contributed by atoms with Gasteiger partial charge in [0.15, 0.2) is 0 Å². The maximum atomic E-state index is 7.64. The summed E-state index contributed by atoms with van der Waals surface area (Å²) in [6.45, 7) is 6.91. The Morgan fingerprint density at radius 3 is 1.21 bits per heavy atom. The van der Waals surface area contributed by atoms with Crippen molar-refractivity contribution < 1.29 is 0 Å². The van der Waals surface area contributed by atoms with E-state index in [0.717, 1.165) is 12.8 Å². The second-order valence-corrected chi connectivity index (χ2v) is 13.0. The maximum Gasteiger partial charge on any atom is 0.0697 e. The molecule has 38 heavy (non-hydrogen) atoms. The first-order chi connectivity index (χ1) is 18.7. The molecule has 0 aromatic heterocycles. The first-order valence-electron chi connectivity index (χ1n) is 17.4. The van der Waals surface area contributed by atoms with Crippen molar-refractivity contribution >= 4 is 11.6 Å². The number of hydrogen-bond acceptors (Lipinski definition) is 0. The van der Waals surface area contributed by atoms with Crippen LogP contribution in [0, 0.1) is 0 Å². The molecule has 1 rings (SSSR count). The molecule has 0 nitrogen and oxygen atoms in total. The van der Waals surface area contributed by atoms with E-state index in [9.17, 15) is 0 Å². The van der Waals surface area contributed by atoms with E-state index in [-0.39, 0.29) is 4.87 Å². The maximum absolute atomic E-state index is 7.64. The molecule has 1 aromatic rings. The zero-order chi connectivity index (χ0) is 27.6. The van der Waals surface area contributed by atoms with Crippen molar-refractivity contribution in [3.05, 3.63) is 35.4 Å². The Morgan fingerprint density at radius 2 is 0.789 bits per heavy atom. The molecular weight excluding hydrogens is 480 g/mol. The Hall–Kier alpha value is -0.490. The van der Waals surface area contributed by atoms with Gasteiger partial charge in [-0.15, -0.1) is 11.6 Å². The Balaban J connectivity index is 2.60. The fourth-order valence-electron chi connectivity index (χ4n) is 6.10. The van der Waals surface area contributed by atoms with Crippen LogP contribution < -0.4 is 0 Å². The molecule has 0 heterocycles. The van der Waals surface area contributed by atoms with Crippen LogP contribution in [0.1, 0.15) is 199 Å². The van der Waals surface area contributed by atoms with Crippen LogP contribution in [0.2, 0.25) is 0 Å². The highest BCUT2D eigenvalue weighted by atomic mass is 35.5. The van der Waals surface area contributed by atoms with Gasteiger partial charge >= 0.3 is 0 Å². The van der Waals surface area contributed by atoms with Crippen LogP contribution in [0.3, 0.4) is 0 Å². The molecule has 222 valence electrons. The van der Waals surface area contributed by atoms with E-state index >= 15 is 0 Å². The number of benzene rings is 1. The highest BCUT2D eigenvalue weighted by molar-refractivity contribution is 6.24. The molecule has 0 saturated heterocycles. The number of hydrogen-bond donors (Lipinski definition) is 0. The topological polar surface area (TPSA) is 0 Å². The van der Waals surface area contributed by atoms with Gasteiger partial charge in [-0.05, 0) is 36.8 Å². The quantitative estimate of drug-likeness (QED) is 0.0723. The average Bonchev–Trinajstić information content (AvgIpc) is 2.93. The van der Waals surface area contributed by atoms with E-state index in [1.165, 1.54) is 172 Å². The predicted octanol–water partition coefficient (Wildman–Crippen LogP) is 13.9. The third-order valence-corrected chi connectivity index (χ3v) is 9.23. The summed E-state index contributed by atoms with van der Waals surface area (Å²) in [5.74, 6) is 0. The lowest BCUT2D eigenvalue weighted by atomic mass is 9.83. The van der Waals surface area contributed by atoms with Gasteiger partial charge in [-0.3, -0.25) is 0 Å². The minimum absolute atomic E-state index is 0.166. The molecule has 0 atom stereocenters. The fraction of sp³-hybridized carbons (Fsp3) is 0.838. The second kappa shape index (κ2) is 25.5. The van der Waals surface area contributed by atoms with Gasteiger partial charge in [-0.1, -0.05) is 193 Å². The smallest absolute Gasteiger partial charge is 0.0697 e. The van der Waals surface area contributed by atoms with Crippen molar-refractivity contribution in [3.63, 3.8) is 0 Å². The van der Waals surface area contributed by atoms with Crippen molar-refractivity contribution in [2.24, 2.45) is 0 Å². The normalized spacial score (nSPS) is 11.9. The van der Waals surface area contributed by atoms with Crippen LogP contribution in [0.15, 0.2) is 24.3 Å². The molecule has 0 N–H and O–H groups in total. The Morgan fingerprint density at radius 1 is 0.447 bits per heavy atom. The third-order valence-electron chi connectivity index (χ3n) is 8.65. The van der Waals surface area contributed by atoms with Crippen molar-refractivity contribution in [2.45, 2.75) is 199 Å². The van der Waals surface area contributed by atoms with Crippen LogP contribution in [0.25, 0.3) is 0 Å². The summed E-state index contributed by atoms with van der Waals surface area (Å²) in [4.78, 5) is -0.166. The molecule has 1 aromatic carbocycles. The Labute approximate surface area is 245 Å². The zero-order valence-electron chi connectivity index (χ0n) is 26.3. The Kier molecular flexibility index (Phi) is 23.8. The largest absolute Gasteiger partial charge is 0.114 e. The predicted molar refractivity (Wildman–Crippen MR) is 175 cm³/mol. The highest BCUT2D eigenvalue weighted by Gasteiger charge is 2.30. The van der Waals surface area contributed by atoms with Gasteiger partial charge in [0.1, 0.15) is 0 Å². The molecule has 0 radical (unpaired) electrons. The van der Waals surface area contributed by atoms with Crippen LogP contribution in [0.4, 0.5) is 0 Å². The minimum atomic E-state index is -0.166. The van der Waals surface area contributed by atoms with Gasteiger partial charge in [0.2, 0.25) is 0 Å². The summed E-state index contributed by atoms with van der Waals surface area (Å²) in [5, 5.41) is 0. The van der Waals surface area contributed by atoms with Gasteiger partial charge < -0.3 is 0 Å². The first kappa shape index (κ1) is 35.5. The summed E-state index contributed by atoms with van der Waals surface area (Å²) in [5.41, 5.74) is 3.00. The fourth-order valence-corrected chi connectivity index (χ4v) is 6.55. The highest BCUT2D eigenvalue weighted by Crippen LogP contribution is 2.42. The SMILES string of the molecule is CCCCCCCCCCc1ccccc1C(Cl)(CCCCCCCCCC)CCCCCCCCCC. The molecule has 0 spiro atoms. The summed E-state index contributed by atoms with van der Waals surface area (Å²) in [6, 6.07) is 9.25. The summed E-state index contributed by atoms with van der Waals surface area (Å²) in [7, 11) is 0. The van der Waals surface area contributed by atoms with Gasteiger partial charge in [0.25, 0.3) is 0 Å². The number of halogens is 1. The third kappa shape index (κ3) is 18.0. The lowest BCUT2D eigenvalue weighted by Crippen LogP contribution is -2.21. The van der Waals surface area contributed by atoms with Gasteiger partial charge in [-0.25, -0.2) is 0 Å². The van der Waals surface area contributed by atoms with Crippen molar-refractivity contribution in [2.75, 3.05) is 0 Å². The van der Waals surface area contributed by atoms with E-state index in [0.29, 0.717) is 0 Å². The van der Waals surface area contributed by atoms with Gasteiger partial charge in [0.05, 0.1) is 4.87 Å². The molecule has 1 heteroatoms. The van der Waals surface area contributed by atoms with Crippen molar-refractivity contribution in [1.82, 2.24) is 0 Å². The van der Waals surface area contributed by atoms with E-state index in [1.807, 2.05) is 0 Å². The average molecular weight is 547 g/mol. The van der Waals surface area contributed by atoms with Crippen molar-refractivity contribution in [3.8, 4) is 0 Å². The lowest BCUT2D eigenvalue weighted by molar-refractivity contribution is 0.440. The summed E-state index contributed by atoms with van der Waals surface area (Å²) >= 11 is 7.64. The van der Waals surface area contributed by atoms with Crippen LogP contribution in [0.5, 0.6) is 0 Å². The molecule has 0 unspecified atom stereocenters. The first-order valence-corrected chi connectivity index (χ1v) is 17.8. The van der Waals surface area contributed by atoms with E-state index in [1.54, 1.807) is 0 Å². The summed E-state index contributed by atoms with van der Waals surface area (Å²) < 4.78 is 0. The molecule has 0 bridgehead atoms. The van der Waals surface area contributed by atoms with Gasteiger partial charge in [0, 0.05) is 0 Å². The number of alkyl halides is 1. The van der Waals surface area contributed by atoms with Crippen LogP contribution in [-0.2, 0) is 11.3 Å². The standard InChI is InChI=1S/C37H67Cl/c1-4-7-10-13-16-19-22-25-30-35-31-26-27-32-36(35)37(38,33-28-23-20-17-14-11-8-5-2)34-29-24-21-18-15-12-9-6-3/h26-27,31-32H,4-25,28-30,33-34H2,1-3H3. The summed E-state index contributed by atoms with van der Waals surface area (Å²) in [6.07, 6.45) is 36.6. The van der Waals surface area contributed by atoms with E-state index < -0.39 is 0 Å². The number of aryl methyl sites for hydroxylation is 1. The van der Waals surface area contributed by atoms with Gasteiger partial charge in [-0.2, -0.15) is 0 Å². The molecule has 0 saturated carbocycles. The lowest BCUT2D eigenvalue weighted by Gasteiger charge is -2.30. The number of unbranched alkanes of at least 4 members (excludes halogenated alkanes) is 21.